The third kappa shape index (κ3) is 7.09. The zero-order chi connectivity index (χ0) is 21.9. The van der Waals surface area contributed by atoms with Crippen LogP contribution in [0.2, 0.25) is 0 Å². The summed E-state index contributed by atoms with van der Waals surface area (Å²) < 4.78 is 0. The number of hydrogen-bond donors (Lipinski definition) is 3. The van der Waals surface area contributed by atoms with Crippen molar-refractivity contribution in [2.45, 2.75) is 33.2 Å². The Bertz CT molecular complexity index is 968. The maximum atomic E-state index is 12.2. The number of aryl methyl sites for hydroxylation is 2. The molecule has 1 atom stereocenters. The van der Waals surface area contributed by atoms with E-state index in [4.69, 9.17) is 0 Å². The van der Waals surface area contributed by atoms with Crippen LogP contribution >= 0.6 is 0 Å². The van der Waals surface area contributed by atoms with Crippen LogP contribution in [0.4, 0.5) is 5.69 Å². The molecule has 0 bridgehead atoms. The average Bonchev–Trinajstić information content (AvgIpc) is 2.72. The monoisotopic (exact) mass is 404 g/mol. The fourth-order valence-electron chi connectivity index (χ4n) is 2.96. The molecule has 2 amide bonds. The van der Waals surface area contributed by atoms with Crippen molar-refractivity contribution in [2.75, 3.05) is 5.32 Å². The van der Waals surface area contributed by atoms with Gasteiger partial charge in [0.1, 0.15) is 5.75 Å². The largest absolute Gasteiger partial charge is 0.508 e. The lowest BCUT2D eigenvalue weighted by atomic mass is 10.1. The van der Waals surface area contributed by atoms with Crippen molar-refractivity contribution in [2.24, 2.45) is 0 Å². The Morgan fingerprint density at radius 1 is 0.933 bits per heavy atom. The molecule has 5 heteroatoms. The highest BCUT2D eigenvalue weighted by Crippen LogP contribution is 2.13. The standard InChI is InChI=1S/C17H19NO2.C8H9NO/c1-12-5-3-4-6-16(12)17(20)18-13(2)11-14-7-9-15(19)10-8-14;1-7-4-2-3-5-8(7)9-6-10/h3-10,13,19H,11H2,1-2H3,(H,18,20);2-6H,1H3,(H,9,10). The number of carbonyl (C=O) groups excluding carboxylic acids is 2. The summed E-state index contributed by atoms with van der Waals surface area (Å²) >= 11 is 0. The Balaban J connectivity index is 0.000000269. The maximum Gasteiger partial charge on any atom is 0.251 e. The van der Waals surface area contributed by atoms with E-state index < -0.39 is 0 Å². The maximum absolute atomic E-state index is 12.2. The molecule has 156 valence electrons. The Hall–Kier alpha value is -3.60. The highest BCUT2D eigenvalue weighted by molar-refractivity contribution is 5.95. The van der Waals surface area contributed by atoms with E-state index in [1.165, 1.54) is 0 Å². The van der Waals surface area contributed by atoms with Gasteiger partial charge in [0.05, 0.1) is 0 Å². The van der Waals surface area contributed by atoms with Crippen molar-refractivity contribution in [3.05, 3.63) is 95.1 Å². The first-order chi connectivity index (χ1) is 14.4. The summed E-state index contributed by atoms with van der Waals surface area (Å²) in [5.74, 6) is 0.208. The molecule has 0 saturated heterocycles. The number of anilines is 1. The first kappa shape index (κ1) is 22.7. The molecular formula is C25H28N2O3. The van der Waals surface area contributed by atoms with Crippen molar-refractivity contribution in [1.82, 2.24) is 5.32 Å². The fourth-order valence-corrected chi connectivity index (χ4v) is 2.96. The van der Waals surface area contributed by atoms with Gasteiger partial charge in [0.2, 0.25) is 6.41 Å². The van der Waals surface area contributed by atoms with Crippen molar-refractivity contribution >= 4 is 18.0 Å². The molecule has 0 aliphatic heterocycles. The van der Waals surface area contributed by atoms with Gasteiger partial charge in [-0.3, -0.25) is 9.59 Å². The zero-order valence-corrected chi connectivity index (χ0v) is 17.6. The lowest BCUT2D eigenvalue weighted by Gasteiger charge is -2.15. The molecule has 30 heavy (non-hydrogen) atoms. The van der Waals surface area contributed by atoms with E-state index in [9.17, 15) is 14.7 Å². The summed E-state index contributed by atoms with van der Waals surface area (Å²) in [5, 5.41) is 14.8. The summed E-state index contributed by atoms with van der Waals surface area (Å²) in [7, 11) is 0. The molecule has 1 unspecified atom stereocenters. The van der Waals surface area contributed by atoms with Gasteiger partial charge in [-0.2, -0.15) is 0 Å². The van der Waals surface area contributed by atoms with Crippen molar-refractivity contribution in [3.63, 3.8) is 0 Å². The van der Waals surface area contributed by atoms with E-state index in [0.29, 0.717) is 12.0 Å². The second-order valence-electron chi connectivity index (χ2n) is 7.14. The van der Waals surface area contributed by atoms with Gasteiger partial charge in [-0.15, -0.1) is 0 Å². The van der Waals surface area contributed by atoms with Gasteiger partial charge in [-0.25, -0.2) is 0 Å². The second-order valence-corrected chi connectivity index (χ2v) is 7.14. The van der Waals surface area contributed by atoms with Crippen LogP contribution in [0.15, 0.2) is 72.8 Å². The lowest BCUT2D eigenvalue weighted by molar-refractivity contribution is -0.105. The van der Waals surface area contributed by atoms with Crippen LogP contribution in [-0.4, -0.2) is 23.5 Å². The Labute approximate surface area is 177 Å². The molecule has 3 aromatic rings. The minimum absolute atomic E-state index is 0.0339. The molecule has 3 N–H and O–H groups in total. The molecule has 3 rings (SSSR count). The number of benzene rings is 3. The first-order valence-corrected chi connectivity index (χ1v) is 9.81. The summed E-state index contributed by atoms with van der Waals surface area (Å²) in [6, 6.07) is 22.3. The molecular weight excluding hydrogens is 376 g/mol. The Morgan fingerprint density at radius 3 is 2.13 bits per heavy atom. The number of rotatable bonds is 6. The van der Waals surface area contributed by atoms with Crippen molar-refractivity contribution in [3.8, 4) is 5.75 Å². The predicted molar refractivity (Wildman–Crippen MR) is 121 cm³/mol. The van der Waals surface area contributed by atoms with Crippen LogP contribution in [0.3, 0.4) is 0 Å². The topological polar surface area (TPSA) is 78.4 Å². The van der Waals surface area contributed by atoms with Gasteiger partial charge in [0, 0.05) is 17.3 Å². The number of para-hydroxylation sites is 1. The number of nitrogens with one attached hydrogen (secondary N) is 2. The quantitative estimate of drug-likeness (QED) is 0.524. The average molecular weight is 405 g/mol. The number of aromatic hydroxyl groups is 1. The van der Waals surface area contributed by atoms with Gasteiger partial charge in [-0.05, 0) is 68.1 Å². The molecule has 3 aromatic carbocycles. The number of phenolic OH excluding ortho intramolecular Hbond substituents is 1. The molecule has 0 saturated carbocycles. The van der Waals surface area contributed by atoms with Crippen molar-refractivity contribution in [1.29, 1.82) is 0 Å². The zero-order valence-electron chi connectivity index (χ0n) is 17.6. The number of hydrogen-bond acceptors (Lipinski definition) is 3. The Morgan fingerprint density at radius 2 is 1.53 bits per heavy atom. The second kappa shape index (κ2) is 11.4. The van der Waals surface area contributed by atoms with E-state index in [1.54, 1.807) is 12.1 Å². The van der Waals surface area contributed by atoms with Crippen LogP contribution in [0, 0.1) is 13.8 Å². The van der Waals surface area contributed by atoms with Gasteiger partial charge in [0.25, 0.3) is 5.91 Å². The van der Waals surface area contributed by atoms with Crippen LogP contribution in [0.1, 0.15) is 34.0 Å². The fraction of sp³-hybridized carbons (Fsp3) is 0.200. The van der Waals surface area contributed by atoms with Crippen LogP contribution < -0.4 is 10.6 Å². The minimum Gasteiger partial charge on any atom is -0.508 e. The van der Waals surface area contributed by atoms with Crippen LogP contribution in [-0.2, 0) is 11.2 Å². The van der Waals surface area contributed by atoms with E-state index in [0.717, 1.165) is 28.8 Å². The summed E-state index contributed by atoms with van der Waals surface area (Å²) in [6.45, 7) is 5.86. The normalized spacial score (nSPS) is 10.9. The first-order valence-electron chi connectivity index (χ1n) is 9.81. The van der Waals surface area contributed by atoms with Crippen LogP contribution in [0.25, 0.3) is 0 Å². The molecule has 0 heterocycles. The Kier molecular flexibility index (Phi) is 8.63. The third-order valence-electron chi connectivity index (χ3n) is 4.60. The summed E-state index contributed by atoms with van der Waals surface area (Å²) in [6.07, 6.45) is 1.42. The van der Waals surface area contributed by atoms with E-state index in [1.807, 2.05) is 81.4 Å². The molecule has 5 nitrogen and oxygen atoms in total. The smallest absolute Gasteiger partial charge is 0.251 e. The number of phenols is 1. The van der Waals surface area contributed by atoms with Gasteiger partial charge in [0.15, 0.2) is 0 Å². The van der Waals surface area contributed by atoms with E-state index >= 15 is 0 Å². The third-order valence-corrected chi connectivity index (χ3v) is 4.60. The number of carbonyl (C=O) groups is 2. The molecule has 0 fully saturated rings. The lowest BCUT2D eigenvalue weighted by Crippen LogP contribution is -2.34. The van der Waals surface area contributed by atoms with Crippen molar-refractivity contribution < 1.29 is 14.7 Å². The van der Waals surface area contributed by atoms with Gasteiger partial charge >= 0.3 is 0 Å². The van der Waals surface area contributed by atoms with Gasteiger partial charge in [-0.1, -0.05) is 48.5 Å². The molecule has 0 aliphatic rings. The van der Waals surface area contributed by atoms with Crippen LogP contribution in [0.5, 0.6) is 5.75 Å². The highest BCUT2D eigenvalue weighted by Gasteiger charge is 2.11. The SMILES string of the molecule is Cc1ccccc1C(=O)NC(C)Cc1ccc(O)cc1.Cc1ccccc1NC=O. The predicted octanol–water partition coefficient (Wildman–Crippen LogP) is 4.62. The summed E-state index contributed by atoms with van der Waals surface area (Å²) in [5.41, 5.74) is 4.72. The van der Waals surface area contributed by atoms with E-state index in [-0.39, 0.29) is 17.7 Å². The minimum atomic E-state index is -0.0469. The highest BCUT2D eigenvalue weighted by atomic mass is 16.3. The number of amides is 2. The molecule has 0 spiro atoms. The molecule has 0 aliphatic carbocycles. The van der Waals surface area contributed by atoms with E-state index in [2.05, 4.69) is 10.6 Å². The summed E-state index contributed by atoms with van der Waals surface area (Å²) in [4.78, 5) is 22.2. The molecule has 0 aromatic heterocycles. The molecule has 0 radical (unpaired) electrons. The van der Waals surface area contributed by atoms with Gasteiger partial charge < -0.3 is 15.7 Å².